The number of hydrogen-bond acceptors (Lipinski definition) is 3. The summed E-state index contributed by atoms with van der Waals surface area (Å²) in [6.07, 6.45) is 0. The number of amides is 1. The number of anilines is 1. The van der Waals surface area contributed by atoms with E-state index in [0.29, 0.717) is 28.3 Å². The van der Waals surface area contributed by atoms with Crippen LogP contribution in [0.5, 0.6) is 0 Å². The molecular formula is C13H17Cl2N3O. The lowest BCUT2D eigenvalue weighted by Gasteiger charge is -2.31. The van der Waals surface area contributed by atoms with Crippen LogP contribution in [0.1, 0.15) is 6.92 Å². The van der Waals surface area contributed by atoms with Crippen molar-refractivity contribution in [1.29, 1.82) is 0 Å². The molecule has 1 aliphatic heterocycles. The Morgan fingerprint density at radius 2 is 2.32 bits per heavy atom. The third-order valence-corrected chi connectivity index (χ3v) is 3.86. The van der Waals surface area contributed by atoms with Gasteiger partial charge in [0.05, 0.1) is 22.3 Å². The molecule has 1 saturated heterocycles. The van der Waals surface area contributed by atoms with E-state index in [-0.39, 0.29) is 5.91 Å². The Bertz CT molecular complexity index is 467. The van der Waals surface area contributed by atoms with Crippen LogP contribution >= 0.6 is 23.2 Å². The molecule has 0 radical (unpaired) electrons. The van der Waals surface area contributed by atoms with Crippen LogP contribution in [0, 0.1) is 0 Å². The molecule has 1 aromatic carbocycles. The van der Waals surface area contributed by atoms with Gasteiger partial charge in [-0.3, -0.25) is 9.69 Å². The van der Waals surface area contributed by atoms with Gasteiger partial charge in [-0.1, -0.05) is 29.3 Å². The molecular weight excluding hydrogens is 285 g/mol. The zero-order valence-corrected chi connectivity index (χ0v) is 12.3. The number of benzene rings is 1. The molecule has 0 aliphatic carbocycles. The van der Waals surface area contributed by atoms with Crippen molar-refractivity contribution in [2.45, 2.75) is 13.0 Å². The molecule has 1 heterocycles. The minimum Gasteiger partial charge on any atom is -0.324 e. The van der Waals surface area contributed by atoms with E-state index in [1.165, 1.54) is 0 Å². The predicted octanol–water partition coefficient (Wildman–Crippen LogP) is 2.23. The highest BCUT2D eigenvalue weighted by molar-refractivity contribution is 6.43. The second-order valence-corrected chi connectivity index (χ2v) is 5.53. The molecule has 6 heteroatoms. The standard InChI is InChI=1S/C13H17Cl2N3O/c1-9-7-18(6-5-16-9)8-12(19)17-11-4-2-3-10(14)13(11)15/h2-4,9,16H,5-8H2,1H3,(H,17,19)/t9-/m0/s1. The van der Waals surface area contributed by atoms with Crippen molar-refractivity contribution in [2.75, 3.05) is 31.5 Å². The average molecular weight is 302 g/mol. The topological polar surface area (TPSA) is 44.4 Å². The molecule has 2 rings (SSSR count). The van der Waals surface area contributed by atoms with Gasteiger partial charge in [0, 0.05) is 25.7 Å². The lowest BCUT2D eigenvalue weighted by molar-refractivity contribution is -0.117. The maximum atomic E-state index is 12.0. The zero-order valence-electron chi connectivity index (χ0n) is 10.7. The molecule has 1 amide bonds. The smallest absolute Gasteiger partial charge is 0.238 e. The normalized spacial score (nSPS) is 20.3. The first-order valence-corrected chi connectivity index (χ1v) is 7.01. The van der Waals surface area contributed by atoms with Crippen LogP contribution in [0.15, 0.2) is 18.2 Å². The third kappa shape index (κ3) is 4.08. The van der Waals surface area contributed by atoms with Crippen LogP contribution in [0.4, 0.5) is 5.69 Å². The van der Waals surface area contributed by atoms with Gasteiger partial charge in [0.1, 0.15) is 0 Å². The van der Waals surface area contributed by atoms with Crippen LogP contribution < -0.4 is 10.6 Å². The number of nitrogens with zero attached hydrogens (tertiary/aromatic N) is 1. The van der Waals surface area contributed by atoms with Gasteiger partial charge in [-0.2, -0.15) is 0 Å². The van der Waals surface area contributed by atoms with Crippen LogP contribution in [0.2, 0.25) is 10.0 Å². The molecule has 0 saturated carbocycles. The van der Waals surface area contributed by atoms with E-state index in [1.807, 2.05) is 0 Å². The molecule has 2 N–H and O–H groups in total. The van der Waals surface area contributed by atoms with Gasteiger partial charge < -0.3 is 10.6 Å². The summed E-state index contributed by atoms with van der Waals surface area (Å²) in [6, 6.07) is 5.61. The van der Waals surface area contributed by atoms with Gasteiger partial charge in [0.2, 0.25) is 5.91 Å². The maximum Gasteiger partial charge on any atom is 0.238 e. The van der Waals surface area contributed by atoms with Crippen molar-refractivity contribution >= 4 is 34.8 Å². The molecule has 1 fully saturated rings. The Hall–Kier alpha value is -0.810. The number of piperazine rings is 1. The first kappa shape index (κ1) is 14.6. The van der Waals surface area contributed by atoms with Gasteiger partial charge in [-0.15, -0.1) is 0 Å². The molecule has 19 heavy (non-hydrogen) atoms. The number of halogens is 2. The lowest BCUT2D eigenvalue weighted by atomic mass is 10.2. The summed E-state index contributed by atoms with van der Waals surface area (Å²) in [7, 11) is 0. The lowest BCUT2D eigenvalue weighted by Crippen LogP contribution is -2.51. The molecule has 0 aromatic heterocycles. The fraction of sp³-hybridized carbons (Fsp3) is 0.462. The van der Waals surface area contributed by atoms with Crippen LogP contribution in [-0.2, 0) is 4.79 Å². The number of carbonyl (C=O) groups excluding carboxylic acids is 1. The Kier molecular flexibility index (Phi) is 5.05. The van der Waals surface area contributed by atoms with Crippen molar-refractivity contribution in [3.8, 4) is 0 Å². The Morgan fingerprint density at radius 1 is 1.53 bits per heavy atom. The van der Waals surface area contributed by atoms with Gasteiger partial charge in [0.25, 0.3) is 0 Å². The van der Waals surface area contributed by atoms with Crippen molar-refractivity contribution in [3.63, 3.8) is 0 Å². The van der Waals surface area contributed by atoms with E-state index in [2.05, 4.69) is 22.5 Å². The number of hydrogen-bond donors (Lipinski definition) is 2. The monoisotopic (exact) mass is 301 g/mol. The van der Waals surface area contributed by atoms with E-state index in [0.717, 1.165) is 19.6 Å². The first-order chi connectivity index (χ1) is 9.06. The molecule has 0 unspecified atom stereocenters. The number of nitrogens with one attached hydrogen (secondary N) is 2. The van der Waals surface area contributed by atoms with E-state index in [9.17, 15) is 4.79 Å². The van der Waals surface area contributed by atoms with Crippen LogP contribution in [0.3, 0.4) is 0 Å². The Labute approximate surface area is 123 Å². The van der Waals surface area contributed by atoms with Crippen molar-refractivity contribution in [3.05, 3.63) is 28.2 Å². The second-order valence-electron chi connectivity index (χ2n) is 4.74. The summed E-state index contributed by atoms with van der Waals surface area (Å²) in [5, 5.41) is 6.96. The summed E-state index contributed by atoms with van der Waals surface area (Å²) >= 11 is 11.9. The molecule has 104 valence electrons. The van der Waals surface area contributed by atoms with Gasteiger partial charge >= 0.3 is 0 Å². The summed E-state index contributed by atoms with van der Waals surface area (Å²) in [5.74, 6) is -0.0710. The van der Waals surface area contributed by atoms with E-state index < -0.39 is 0 Å². The summed E-state index contributed by atoms with van der Waals surface area (Å²) in [5.41, 5.74) is 0.558. The molecule has 0 bridgehead atoms. The quantitative estimate of drug-likeness (QED) is 0.900. The largest absolute Gasteiger partial charge is 0.324 e. The Morgan fingerprint density at radius 3 is 3.05 bits per heavy atom. The SMILES string of the molecule is C[C@H]1CN(CC(=O)Nc2cccc(Cl)c2Cl)CCN1. The summed E-state index contributed by atoms with van der Waals surface area (Å²) < 4.78 is 0. The minimum atomic E-state index is -0.0710. The molecule has 4 nitrogen and oxygen atoms in total. The fourth-order valence-electron chi connectivity index (χ4n) is 2.15. The molecule has 1 atom stereocenters. The minimum absolute atomic E-state index is 0.0710. The maximum absolute atomic E-state index is 12.0. The third-order valence-electron chi connectivity index (χ3n) is 3.05. The molecule has 1 aromatic rings. The van der Waals surface area contributed by atoms with Crippen molar-refractivity contribution in [2.24, 2.45) is 0 Å². The predicted molar refractivity (Wildman–Crippen MR) is 79.0 cm³/mol. The van der Waals surface area contributed by atoms with Crippen LogP contribution in [0.25, 0.3) is 0 Å². The van der Waals surface area contributed by atoms with E-state index in [4.69, 9.17) is 23.2 Å². The van der Waals surface area contributed by atoms with Gasteiger partial charge in [-0.25, -0.2) is 0 Å². The van der Waals surface area contributed by atoms with E-state index >= 15 is 0 Å². The fourth-order valence-corrected chi connectivity index (χ4v) is 2.50. The highest BCUT2D eigenvalue weighted by Crippen LogP contribution is 2.29. The second kappa shape index (κ2) is 6.57. The highest BCUT2D eigenvalue weighted by Gasteiger charge is 2.18. The van der Waals surface area contributed by atoms with E-state index in [1.54, 1.807) is 18.2 Å². The Balaban J connectivity index is 1.92. The van der Waals surface area contributed by atoms with Crippen molar-refractivity contribution in [1.82, 2.24) is 10.2 Å². The number of carbonyl (C=O) groups is 1. The molecule has 1 aliphatic rings. The highest BCUT2D eigenvalue weighted by atomic mass is 35.5. The van der Waals surface area contributed by atoms with Crippen LogP contribution in [-0.4, -0.2) is 43.0 Å². The average Bonchev–Trinajstić information content (AvgIpc) is 2.35. The number of rotatable bonds is 3. The first-order valence-electron chi connectivity index (χ1n) is 6.26. The summed E-state index contributed by atoms with van der Waals surface area (Å²) in [4.78, 5) is 14.1. The zero-order chi connectivity index (χ0) is 13.8. The van der Waals surface area contributed by atoms with Gasteiger partial charge in [0.15, 0.2) is 0 Å². The summed E-state index contributed by atoms with van der Waals surface area (Å²) in [6.45, 7) is 5.14. The molecule has 0 spiro atoms. The van der Waals surface area contributed by atoms with Gasteiger partial charge in [-0.05, 0) is 19.1 Å². The van der Waals surface area contributed by atoms with Crippen molar-refractivity contribution < 1.29 is 4.79 Å².